The average molecular weight is 306 g/mol. The number of nitrogens with zero attached hydrogens (tertiary/aromatic N) is 2. The molecule has 0 aromatic heterocycles. The molecule has 1 amide bonds. The molecule has 0 N–H and O–H groups in total. The Morgan fingerprint density at radius 2 is 1.86 bits per heavy atom. The fourth-order valence-corrected chi connectivity index (χ4v) is 5.03. The maximum atomic E-state index is 12.0. The summed E-state index contributed by atoms with van der Waals surface area (Å²) < 4.78 is 0. The van der Waals surface area contributed by atoms with E-state index in [1.165, 1.54) is 64.6 Å². The van der Waals surface area contributed by atoms with Crippen LogP contribution in [0.15, 0.2) is 0 Å². The van der Waals surface area contributed by atoms with Gasteiger partial charge in [-0.25, -0.2) is 0 Å². The van der Waals surface area contributed by atoms with E-state index in [0.717, 1.165) is 19.4 Å². The highest BCUT2D eigenvalue weighted by molar-refractivity contribution is 5.77. The Morgan fingerprint density at radius 1 is 1.14 bits per heavy atom. The predicted molar refractivity (Wildman–Crippen MR) is 90.8 cm³/mol. The molecule has 3 fully saturated rings. The third kappa shape index (κ3) is 3.67. The Morgan fingerprint density at radius 3 is 2.55 bits per heavy atom. The molecule has 3 aliphatic rings. The lowest BCUT2D eigenvalue weighted by molar-refractivity contribution is -0.136. The Labute approximate surface area is 136 Å². The van der Waals surface area contributed by atoms with Crippen LogP contribution in [0, 0.1) is 11.3 Å². The fourth-order valence-electron chi connectivity index (χ4n) is 5.03. The summed E-state index contributed by atoms with van der Waals surface area (Å²) in [5, 5.41) is 0. The number of carbonyl (C=O) groups excluding carboxylic acids is 1. The molecule has 3 heteroatoms. The highest BCUT2D eigenvalue weighted by Gasteiger charge is 2.39. The maximum Gasteiger partial charge on any atom is 0.222 e. The van der Waals surface area contributed by atoms with Gasteiger partial charge in [0.05, 0.1) is 0 Å². The van der Waals surface area contributed by atoms with Crippen LogP contribution in [-0.4, -0.2) is 47.9 Å². The van der Waals surface area contributed by atoms with Gasteiger partial charge >= 0.3 is 0 Å². The first-order chi connectivity index (χ1) is 10.6. The second-order valence-corrected chi connectivity index (χ2v) is 8.44. The zero-order valence-electron chi connectivity index (χ0n) is 14.6. The zero-order valence-corrected chi connectivity index (χ0v) is 14.6. The van der Waals surface area contributed by atoms with Gasteiger partial charge in [0.1, 0.15) is 0 Å². The fraction of sp³-hybridized carbons (Fsp3) is 0.947. The smallest absolute Gasteiger partial charge is 0.222 e. The molecule has 0 aromatic carbocycles. The summed E-state index contributed by atoms with van der Waals surface area (Å²) in [4.78, 5) is 16.8. The van der Waals surface area contributed by atoms with Gasteiger partial charge in [0.25, 0.3) is 0 Å². The molecular formula is C19H34N2O. The molecule has 1 spiro atoms. The van der Waals surface area contributed by atoms with Gasteiger partial charge in [-0.1, -0.05) is 25.7 Å². The van der Waals surface area contributed by atoms with Crippen LogP contribution in [0.2, 0.25) is 0 Å². The van der Waals surface area contributed by atoms with Crippen molar-refractivity contribution < 1.29 is 4.79 Å². The van der Waals surface area contributed by atoms with Gasteiger partial charge in [0.15, 0.2) is 0 Å². The summed E-state index contributed by atoms with van der Waals surface area (Å²) in [6, 6.07) is 0.363. The normalized spacial score (nSPS) is 30.2. The molecular weight excluding hydrogens is 272 g/mol. The van der Waals surface area contributed by atoms with E-state index in [4.69, 9.17) is 0 Å². The van der Waals surface area contributed by atoms with Crippen LogP contribution in [0.25, 0.3) is 0 Å². The quantitative estimate of drug-likeness (QED) is 0.794. The van der Waals surface area contributed by atoms with E-state index >= 15 is 0 Å². The SMILES string of the molecule is CC(C)N1CC(CN2CCC3(CCCCCC3)C2)CCC1=O. The van der Waals surface area contributed by atoms with Gasteiger partial charge in [0, 0.05) is 32.1 Å². The van der Waals surface area contributed by atoms with E-state index in [-0.39, 0.29) is 0 Å². The number of piperidine rings is 1. The van der Waals surface area contributed by atoms with Crippen molar-refractivity contribution in [3.63, 3.8) is 0 Å². The first-order valence-corrected chi connectivity index (χ1v) is 9.60. The van der Waals surface area contributed by atoms with E-state index in [9.17, 15) is 4.79 Å². The van der Waals surface area contributed by atoms with Gasteiger partial charge in [-0.3, -0.25) is 4.79 Å². The molecule has 22 heavy (non-hydrogen) atoms. The Balaban J connectivity index is 1.52. The summed E-state index contributed by atoms with van der Waals surface area (Å²) in [5.41, 5.74) is 0.652. The van der Waals surface area contributed by atoms with Crippen molar-refractivity contribution in [2.24, 2.45) is 11.3 Å². The van der Waals surface area contributed by atoms with Crippen molar-refractivity contribution in [2.45, 2.75) is 77.7 Å². The molecule has 1 atom stereocenters. The largest absolute Gasteiger partial charge is 0.340 e. The van der Waals surface area contributed by atoms with Crippen molar-refractivity contribution in [1.82, 2.24) is 9.80 Å². The Hall–Kier alpha value is -0.570. The van der Waals surface area contributed by atoms with Crippen LogP contribution in [0.3, 0.4) is 0 Å². The van der Waals surface area contributed by atoms with Crippen molar-refractivity contribution in [2.75, 3.05) is 26.2 Å². The van der Waals surface area contributed by atoms with Crippen molar-refractivity contribution in [3.8, 4) is 0 Å². The van der Waals surface area contributed by atoms with Gasteiger partial charge in [-0.05, 0) is 57.4 Å². The van der Waals surface area contributed by atoms with Gasteiger partial charge in [-0.15, -0.1) is 0 Å². The number of hydrogen-bond donors (Lipinski definition) is 0. The minimum absolute atomic E-state index is 0.363. The van der Waals surface area contributed by atoms with E-state index in [1.54, 1.807) is 0 Å². The molecule has 2 saturated heterocycles. The molecule has 3 rings (SSSR count). The van der Waals surface area contributed by atoms with Crippen molar-refractivity contribution >= 4 is 5.91 Å². The first-order valence-electron chi connectivity index (χ1n) is 9.60. The van der Waals surface area contributed by atoms with Crippen molar-refractivity contribution in [1.29, 1.82) is 0 Å². The molecule has 1 unspecified atom stereocenters. The molecule has 0 radical (unpaired) electrons. The van der Waals surface area contributed by atoms with Crippen LogP contribution in [0.1, 0.15) is 71.6 Å². The number of carbonyl (C=O) groups is 1. The molecule has 1 aliphatic carbocycles. The van der Waals surface area contributed by atoms with Crippen LogP contribution in [-0.2, 0) is 4.79 Å². The summed E-state index contributed by atoms with van der Waals surface area (Å²) in [6.45, 7) is 9.14. The van der Waals surface area contributed by atoms with E-state index < -0.39 is 0 Å². The zero-order chi connectivity index (χ0) is 15.6. The van der Waals surface area contributed by atoms with Gasteiger partial charge < -0.3 is 9.80 Å². The summed E-state index contributed by atoms with van der Waals surface area (Å²) >= 11 is 0. The summed E-state index contributed by atoms with van der Waals surface area (Å²) in [5.74, 6) is 1.06. The molecule has 2 aliphatic heterocycles. The van der Waals surface area contributed by atoms with Crippen LogP contribution in [0.5, 0.6) is 0 Å². The second kappa shape index (κ2) is 6.90. The third-order valence-corrected chi connectivity index (χ3v) is 6.36. The second-order valence-electron chi connectivity index (χ2n) is 8.44. The highest BCUT2D eigenvalue weighted by Crippen LogP contribution is 2.43. The Bertz CT molecular complexity index is 385. The summed E-state index contributed by atoms with van der Waals surface area (Å²) in [7, 11) is 0. The number of likely N-dealkylation sites (tertiary alicyclic amines) is 2. The van der Waals surface area contributed by atoms with E-state index in [2.05, 4.69) is 23.6 Å². The lowest BCUT2D eigenvalue weighted by Crippen LogP contribution is -2.46. The lowest BCUT2D eigenvalue weighted by atomic mass is 9.80. The number of hydrogen-bond acceptors (Lipinski definition) is 2. The van der Waals surface area contributed by atoms with Crippen LogP contribution in [0.4, 0.5) is 0 Å². The maximum absolute atomic E-state index is 12.0. The minimum atomic E-state index is 0.363. The van der Waals surface area contributed by atoms with Crippen LogP contribution < -0.4 is 0 Å². The molecule has 126 valence electrons. The van der Waals surface area contributed by atoms with E-state index in [0.29, 0.717) is 23.3 Å². The Kier molecular flexibility index (Phi) is 5.11. The predicted octanol–water partition coefficient (Wildman–Crippen LogP) is 3.68. The van der Waals surface area contributed by atoms with Gasteiger partial charge in [-0.2, -0.15) is 0 Å². The standard InChI is InChI=1S/C19H34N2O/c1-16(2)21-14-17(7-8-18(21)22)13-20-12-11-19(15-20)9-5-3-4-6-10-19/h16-17H,3-15H2,1-2H3. The number of rotatable bonds is 3. The van der Waals surface area contributed by atoms with Crippen molar-refractivity contribution in [3.05, 3.63) is 0 Å². The molecule has 3 nitrogen and oxygen atoms in total. The minimum Gasteiger partial charge on any atom is -0.340 e. The average Bonchev–Trinajstić information content (AvgIpc) is 2.72. The molecule has 0 aromatic rings. The monoisotopic (exact) mass is 306 g/mol. The summed E-state index contributed by atoms with van der Waals surface area (Å²) in [6.07, 6.45) is 12.0. The molecule has 1 saturated carbocycles. The van der Waals surface area contributed by atoms with Gasteiger partial charge in [0.2, 0.25) is 5.91 Å². The lowest BCUT2D eigenvalue weighted by Gasteiger charge is -2.37. The molecule has 2 heterocycles. The first kappa shape index (κ1) is 16.3. The third-order valence-electron chi connectivity index (χ3n) is 6.36. The van der Waals surface area contributed by atoms with E-state index in [1.807, 2.05) is 0 Å². The van der Waals surface area contributed by atoms with Crippen LogP contribution >= 0.6 is 0 Å². The highest BCUT2D eigenvalue weighted by atomic mass is 16.2. The topological polar surface area (TPSA) is 23.6 Å². The number of amides is 1. The molecule has 0 bridgehead atoms.